The number of hydrogen-bond acceptors (Lipinski definition) is 6. The molecule has 3 rings (SSSR count). The highest BCUT2D eigenvalue weighted by molar-refractivity contribution is 5.76. The molecule has 0 radical (unpaired) electrons. The Hall–Kier alpha value is -2.48. The summed E-state index contributed by atoms with van der Waals surface area (Å²) in [5.41, 5.74) is 2.12. The van der Waals surface area contributed by atoms with Crippen LogP contribution in [0.5, 0.6) is 0 Å². The van der Waals surface area contributed by atoms with E-state index >= 15 is 0 Å². The van der Waals surface area contributed by atoms with Gasteiger partial charge in [0.2, 0.25) is 11.9 Å². The SMILES string of the molecule is CN(C)CCNC(=O)CCc1cc2n(n1)CCCN(c1ncccn1)C2. The van der Waals surface area contributed by atoms with Crippen molar-refractivity contribution in [3.8, 4) is 0 Å². The third-order valence-corrected chi connectivity index (χ3v) is 4.39. The summed E-state index contributed by atoms with van der Waals surface area (Å²) in [7, 11) is 3.99. The zero-order valence-corrected chi connectivity index (χ0v) is 15.6. The normalized spacial score (nSPS) is 14.2. The van der Waals surface area contributed by atoms with Crippen LogP contribution in [0.1, 0.15) is 24.2 Å². The van der Waals surface area contributed by atoms with Crippen LogP contribution in [-0.4, -0.2) is 64.3 Å². The summed E-state index contributed by atoms with van der Waals surface area (Å²) >= 11 is 0. The number of aromatic nitrogens is 4. The highest BCUT2D eigenvalue weighted by Crippen LogP contribution is 2.18. The van der Waals surface area contributed by atoms with Gasteiger partial charge in [0.15, 0.2) is 0 Å². The zero-order chi connectivity index (χ0) is 18.4. The van der Waals surface area contributed by atoms with Crippen LogP contribution in [0.15, 0.2) is 24.5 Å². The number of amides is 1. The zero-order valence-electron chi connectivity index (χ0n) is 15.6. The van der Waals surface area contributed by atoms with E-state index in [9.17, 15) is 4.79 Å². The number of likely N-dealkylation sites (N-methyl/N-ethyl adjacent to an activating group) is 1. The number of nitrogens with one attached hydrogen (secondary N) is 1. The summed E-state index contributed by atoms with van der Waals surface area (Å²) in [5, 5.41) is 7.62. The average Bonchev–Trinajstić information content (AvgIpc) is 2.90. The van der Waals surface area contributed by atoms with Gasteiger partial charge in [-0.3, -0.25) is 9.48 Å². The number of carbonyl (C=O) groups is 1. The minimum atomic E-state index is 0.0781. The molecule has 0 saturated heterocycles. The van der Waals surface area contributed by atoms with Gasteiger partial charge in [-0.15, -0.1) is 0 Å². The molecular formula is C18H27N7O. The van der Waals surface area contributed by atoms with Crippen molar-refractivity contribution in [2.45, 2.75) is 32.4 Å². The van der Waals surface area contributed by atoms with E-state index in [4.69, 9.17) is 0 Å². The lowest BCUT2D eigenvalue weighted by atomic mass is 10.2. The molecule has 0 atom stereocenters. The second kappa shape index (κ2) is 8.75. The predicted octanol–water partition coefficient (Wildman–Crippen LogP) is 0.694. The van der Waals surface area contributed by atoms with Crippen LogP contribution in [0.2, 0.25) is 0 Å². The molecule has 3 heterocycles. The van der Waals surface area contributed by atoms with Gasteiger partial charge in [-0.1, -0.05) is 0 Å². The molecule has 0 unspecified atom stereocenters. The largest absolute Gasteiger partial charge is 0.355 e. The van der Waals surface area contributed by atoms with E-state index in [1.165, 1.54) is 0 Å². The van der Waals surface area contributed by atoms with E-state index in [0.717, 1.165) is 49.9 Å². The highest BCUT2D eigenvalue weighted by Gasteiger charge is 2.18. The Balaban J connectivity index is 1.55. The van der Waals surface area contributed by atoms with Crippen molar-refractivity contribution in [3.05, 3.63) is 35.9 Å². The predicted molar refractivity (Wildman–Crippen MR) is 99.8 cm³/mol. The highest BCUT2D eigenvalue weighted by atomic mass is 16.1. The lowest BCUT2D eigenvalue weighted by Crippen LogP contribution is -2.31. The molecule has 2 aromatic heterocycles. The van der Waals surface area contributed by atoms with Gasteiger partial charge >= 0.3 is 0 Å². The molecule has 26 heavy (non-hydrogen) atoms. The van der Waals surface area contributed by atoms with Crippen molar-refractivity contribution in [2.24, 2.45) is 0 Å². The van der Waals surface area contributed by atoms with Crippen molar-refractivity contribution < 1.29 is 4.79 Å². The molecule has 2 aromatic rings. The number of rotatable bonds is 7. The minimum Gasteiger partial charge on any atom is -0.355 e. The van der Waals surface area contributed by atoms with Crippen LogP contribution in [0.25, 0.3) is 0 Å². The third kappa shape index (κ3) is 5.01. The molecule has 1 aliphatic heterocycles. The maximum Gasteiger partial charge on any atom is 0.225 e. The van der Waals surface area contributed by atoms with Crippen molar-refractivity contribution in [2.75, 3.05) is 38.6 Å². The first-order chi connectivity index (χ1) is 12.6. The summed E-state index contributed by atoms with van der Waals surface area (Å²) in [6.07, 6.45) is 5.66. The van der Waals surface area contributed by atoms with Gasteiger partial charge in [-0.05, 0) is 32.6 Å². The molecule has 1 aliphatic rings. The maximum atomic E-state index is 11.9. The number of nitrogens with zero attached hydrogens (tertiary/aromatic N) is 6. The van der Waals surface area contributed by atoms with Gasteiger partial charge in [-0.25, -0.2) is 9.97 Å². The van der Waals surface area contributed by atoms with Gasteiger partial charge in [0, 0.05) is 51.4 Å². The fraction of sp³-hybridized carbons (Fsp3) is 0.556. The van der Waals surface area contributed by atoms with E-state index < -0.39 is 0 Å². The smallest absolute Gasteiger partial charge is 0.225 e. The minimum absolute atomic E-state index is 0.0781. The first kappa shape index (κ1) is 18.3. The monoisotopic (exact) mass is 357 g/mol. The third-order valence-electron chi connectivity index (χ3n) is 4.39. The second-order valence-corrected chi connectivity index (χ2v) is 6.83. The van der Waals surface area contributed by atoms with Crippen molar-refractivity contribution >= 4 is 11.9 Å². The summed E-state index contributed by atoms with van der Waals surface area (Å²) in [4.78, 5) is 24.9. The van der Waals surface area contributed by atoms with Crippen LogP contribution in [0, 0.1) is 0 Å². The summed E-state index contributed by atoms with van der Waals surface area (Å²) in [6, 6.07) is 3.93. The fourth-order valence-electron chi connectivity index (χ4n) is 3.02. The van der Waals surface area contributed by atoms with Crippen LogP contribution in [0.4, 0.5) is 5.95 Å². The summed E-state index contributed by atoms with van der Waals surface area (Å²) in [6.45, 7) is 4.07. The van der Waals surface area contributed by atoms with Crippen LogP contribution < -0.4 is 10.2 Å². The topological polar surface area (TPSA) is 79.2 Å². The molecule has 0 fully saturated rings. The first-order valence-corrected chi connectivity index (χ1v) is 9.11. The molecular weight excluding hydrogens is 330 g/mol. The number of fused-ring (bicyclic) bond motifs is 1. The van der Waals surface area contributed by atoms with E-state index in [0.29, 0.717) is 19.4 Å². The van der Waals surface area contributed by atoms with Crippen molar-refractivity contribution in [3.63, 3.8) is 0 Å². The van der Waals surface area contributed by atoms with Crippen LogP contribution in [0.3, 0.4) is 0 Å². The lowest BCUT2D eigenvalue weighted by molar-refractivity contribution is -0.121. The standard InChI is InChI=1S/C18H27N7O/c1-23(2)12-9-19-17(26)6-5-15-13-16-14-24(10-4-11-25(16)22-15)18-20-7-3-8-21-18/h3,7-8,13H,4-6,9-12,14H2,1-2H3,(H,19,26). The van der Waals surface area contributed by atoms with E-state index in [2.05, 4.69) is 40.9 Å². The molecule has 1 amide bonds. The molecule has 0 aromatic carbocycles. The molecule has 140 valence electrons. The molecule has 1 N–H and O–H groups in total. The quantitative estimate of drug-likeness (QED) is 0.786. The number of aryl methyl sites for hydroxylation is 2. The first-order valence-electron chi connectivity index (χ1n) is 9.11. The van der Waals surface area contributed by atoms with Crippen LogP contribution in [-0.2, 0) is 24.3 Å². The van der Waals surface area contributed by atoms with Gasteiger partial charge in [0.1, 0.15) is 0 Å². The number of carbonyl (C=O) groups excluding carboxylic acids is 1. The van der Waals surface area contributed by atoms with Gasteiger partial charge in [0.05, 0.1) is 17.9 Å². The van der Waals surface area contributed by atoms with Crippen molar-refractivity contribution in [1.82, 2.24) is 30.0 Å². The molecule has 8 heteroatoms. The number of hydrogen-bond donors (Lipinski definition) is 1. The molecule has 0 aliphatic carbocycles. The lowest BCUT2D eigenvalue weighted by Gasteiger charge is -2.19. The van der Waals surface area contributed by atoms with E-state index in [1.54, 1.807) is 12.4 Å². The Morgan fingerprint density at radius 2 is 2.08 bits per heavy atom. The Bertz CT molecular complexity index is 714. The van der Waals surface area contributed by atoms with E-state index in [1.807, 2.05) is 20.2 Å². The van der Waals surface area contributed by atoms with Gasteiger partial charge in [0.25, 0.3) is 0 Å². The van der Waals surface area contributed by atoms with Crippen LogP contribution >= 0.6 is 0 Å². The van der Waals surface area contributed by atoms with E-state index in [-0.39, 0.29) is 5.91 Å². The van der Waals surface area contributed by atoms with Gasteiger partial charge < -0.3 is 15.1 Å². The Labute approximate surface area is 154 Å². The summed E-state index contributed by atoms with van der Waals surface area (Å²) in [5.74, 6) is 0.832. The molecule has 0 spiro atoms. The molecule has 0 saturated carbocycles. The average molecular weight is 357 g/mol. The van der Waals surface area contributed by atoms with Crippen molar-refractivity contribution in [1.29, 1.82) is 0 Å². The fourth-order valence-corrected chi connectivity index (χ4v) is 3.02. The maximum absolute atomic E-state index is 11.9. The number of anilines is 1. The van der Waals surface area contributed by atoms with Gasteiger partial charge in [-0.2, -0.15) is 5.10 Å². The second-order valence-electron chi connectivity index (χ2n) is 6.83. The Morgan fingerprint density at radius 3 is 2.85 bits per heavy atom. The molecule has 0 bridgehead atoms. The summed E-state index contributed by atoms with van der Waals surface area (Å²) < 4.78 is 2.06. The molecule has 8 nitrogen and oxygen atoms in total. The Kier molecular flexibility index (Phi) is 6.17. The Morgan fingerprint density at radius 1 is 1.27 bits per heavy atom.